The van der Waals surface area contributed by atoms with Gasteiger partial charge in [-0.05, 0) is 25.0 Å². The van der Waals surface area contributed by atoms with Crippen molar-refractivity contribution in [2.45, 2.75) is 19.4 Å². The van der Waals surface area contributed by atoms with Gasteiger partial charge in [-0.3, -0.25) is 4.79 Å². The highest BCUT2D eigenvalue weighted by atomic mass is 32.2. The maximum atomic E-state index is 12.4. The standard InChI is InChI=1S/C18H24N4O6S/c1-26-13-6-7-14(15(9-13)27-2)17-20-16(28-21-17)10-19-18(23)12-5-4-8-22(11-12)29(3,24)25/h6-7,9,12H,4-5,8,10-11H2,1-3H3,(H,19,23)/t12-/m0/s1. The van der Waals surface area contributed by atoms with Crippen molar-refractivity contribution in [2.24, 2.45) is 5.92 Å². The van der Waals surface area contributed by atoms with Crippen LogP contribution >= 0.6 is 0 Å². The maximum Gasteiger partial charge on any atom is 0.246 e. The Bertz CT molecular complexity index is 974. The predicted molar refractivity (Wildman–Crippen MR) is 104 cm³/mol. The highest BCUT2D eigenvalue weighted by molar-refractivity contribution is 7.88. The quantitative estimate of drug-likeness (QED) is 0.699. The van der Waals surface area contributed by atoms with Crippen molar-refractivity contribution in [2.75, 3.05) is 33.6 Å². The molecular weight excluding hydrogens is 400 g/mol. The third-order valence-corrected chi connectivity index (χ3v) is 6.03. The van der Waals surface area contributed by atoms with Gasteiger partial charge in [0.25, 0.3) is 0 Å². The maximum absolute atomic E-state index is 12.4. The first-order chi connectivity index (χ1) is 13.8. The van der Waals surface area contributed by atoms with Gasteiger partial charge in [0, 0.05) is 19.2 Å². The Morgan fingerprint density at radius 1 is 1.34 bits per heavy atom. The highest BCUT2D eigenvalue weighted by Crippen LogP contribution is 2.31. The number of hydrogen-bond donors (Lipinski definition) is 1. The number of rotatable bonds is 7. The molecule has 1 atom stereocenters. The summed E-state index contributed by atoms with van der Waals surface area (Å²) >= 11 is 0. The van der Waals surface area contributed by atoms with Crippen LogP contribution in [0.1, 0.15) is 18.7 Å². The molecule has 0 bridgehead atoms. The Kier molecular flexibility index (Phi) is 6.38. The van der Waals surface area contributed by atoms with Gasteiger partial charge in [-0.2, -0.15) is 4.98 Å². The van der Waals surface area contributed by atoms with Crippen molar-refractivity contribution in [3.8, 4) is 22.9 Å². The van der Waals surface area contributed by atoms with Crippen molar-refractivity contribution in [3.63, 3.8) is 0 Å². The van der Waals surface area contributed by atoms with Crippen molar-refractivity contribution < 1.29 is 27.2 Å². The molecular formula is C18H24N4O6S. The molecule has 0 unspecified atom stereocenters. The van der Waals surface area contributed by atoms with Crippen LogP contribution < -0.4 is 14.8 Å². The lowest BCUT2D eigenvalue weighted by molar-refractivity contribution is -0.126. The molecule has 1 aromatic carbocycles. The van der Waals surface area contributed by atoms with E-state index >= 15 is 0 Å². The molecule has 3 rings (SSSR count). The second-order valence-corrected chi connectivity index (χ2v) is 8.74. The molecule has 1 N–H and O–H groups in total. The summed E-state index contributed by atoms with van der Waals surface area (Å²) in [6.07, 6.45) is 2.43. The van der Waals surface area contributed by atoms with Gasteiger partial charge < -0.3 is 19.3 Å². The highest BCUT2D eigenvalue weighted by Gasteiger charge is 2.30. The summed E-state index contributed by atoms with van der Waals surface area (Å²) in [6.45, 7) is 0.682. The molecule has 2 heterocycles. The number of piperidine rings is 1. The van der Waals surface area contributed by atoms with Crippen LogP contribution in [0.4, 0.5) is 0 Å². The van der Waals surface area contributed by atoms with Crippen LogP contribution in [0.25, 0.3) is 11.4 Å². The SMILES string of the molecule is COc1ccc(-c2noc(CNC(=O)[C@H]3CCCN(S(C)(=O)=O)C3)n2)c(OC)c1. The van der Waals surface area contributed by atoms with E-state index < -0.39 is 15.9 Å². The lowest BCUT2D eigenvalue weighted by atomic mass is 9.99. The minimum absolute atomic E-state index is 0.0552. The summed E-state index contributed by atoms with van der Waals surface area (Å²) in [5.74, 6) is 1.10. The Labute approximate surface area is 169 Å². The summed E-state index contributed by atoms with van der Waals surface area (Å²) in [6, 6.07) is 5.22. The van der Waals surface area contributed by atoms with Crippen molar-refractivity contribution >= 4 is 15.9 Å². The molecule has 10 nitrogen and oxygen atoms in total. The number of nitrogens with zero attached hydrogens (tertiary/aromatic N) is 3. The van der Waals surface area contributed by atoms with E-state index in [1.807, 2.05) is 0 Å². The molecule has 1 aliphatic rings. The van der Waals surface area contributed by atoms with Crippen LogP contribution in [0.3, 0.4) is 0 Å². The number of methoxy groups -OCH3 is 2. The van der Waals surface area contributed by atoms with Gasteiger partial charge >= 0.3 is 0 Å². The Balaban J connectivity index is 1.63. The number of nitrogens with one attached hydrogen (secondary N) is 1. The lowest BCUT2D eigenvalue weighted by Gasteiger charge is -2.29. The van der Waals surface area contributed by atoms with Crippen molar-refractivity contribution in [3.05, 3.63) is 24.1 Å². The largest absolute Gasteiger partial charge is 0.497 e. The fraction of sp³-hybridized carbons (Fsp3) is 0.500. The van der Waals surface area contributed by atoms with Crippen LogP contribution in [0.2, 0.25) is 0 Å². The number of hydrogen-bond acceptors (Lipinski definition) is 8. The molecule has 11 heteroatoms. The molecule has 0 spiro atoms. The normalized spacial score (nSPS) is 17.7. The molecule has 2 aromatic rings. The molecule has 158 valence electrons. The summed E-state index contributed by atoms with van der Waals surface area (Å²) in [5, 5.41) is 6.68. The van der Waals surface area contributed by atoms with E-state index in [4.69, 9.17) is 14.0 Å². The fourth-order valence-corrected chi connectivity index (χ4v) is 4.10. The second-order valence-electron chi connectivity index (χ2n) is 6.76. The first-order valence-corrected chi connectivity index (χ1v) is 10.9. The number of amides is 1. The molecule has 0 radical (unpaired) electrons. The summed E-state index contributed by atoms with van der Waals surface area (Å²) in [5.41, 5.74) is 0.630. The number of carbonyl (C=O) groups is 1. The third-order valence-electron chi connectivity index (χ3n) is 4.76. The molecule has 1 fully saturated rings. The van der Waals surface area contributed by atoms with Gasteiger partial charge in [0.2, 0.25) is 27.6 Å². The molecule has 29 heavy (non-hydrogen) atoms. The van der Waals surface area contributed by atoms with E-state index in [2.05, 4.69) is 15.5 Å². The van der Waals surface area contributed by atoms with E-state index in [1.54, 1.807) is 25.3 Å². The average molecular weight is 424 g/mol. The van der Waals surface area contributed by atoms with Gasteiger partial charge in [-0.15, -0.1) is 0 Å². The molecule has 0 aliphatic carbocycles. The van der Waals surface area contributed by atoms with Crippen LogP contribution in [-0.4, -0.2) is 62.3 Å². The minimum Gasteiger partial charge on any atom is -0.497 e. The molecule has 0 saturated carbocycles. The van der Waals surface area contributed by atoms with E-state index in [1.165, 1.54) is 11.4 Å². The first kappa shape index (κ1) is 21.1. The van der Waals surface area contributed by atoms with E-state index in [0.29, 0.717) is 42.3 Å². The Morgan fingerprint density at radius 3 is 2.83 bits per heavy atom. The summed E-state index contributed by atoms with van der Waals surface area (Å²) in [4.78, 5) is 16.7. The van der Waals surface area contributed by atoms with Crippen LogP contribution in [0.5, 0.6) is 11.5 Å². The van der Waals surface area contributed by atoms with Crippen molar-refractivity contribution in [1.82, 2.24) is 19.8 Å². The Morgan fingerprint density at radius 2 is 2.14 bits per heavy atom. The smallest absolute Gasteiger partial charge is 0.246 e. The van der Waals surface area contributed by atoms with Crippen LogP contribution in [-0.2, 0) is 21.4 Å². The molecule has 1 aromatic heterocycles. The van der Waals surface area contributed by atoms with E-state index in [9.17, 15) is 13.2 Å². The topological polar surface area (TPSA) is 124 Å². The number of aromatic nitrogens is 2. The monoisotopic (exact) mass is 424 g/mol. The Hall–Kier alpha value is -2.66. The summed E-state index contributed by atoms with van der Waals surface area (Å²) in [7, 11) is -0.215. The zero-order valence-corrected chi connectivity index (χ0v) is 17.4. The van der Waals surface area contributed by atoms with Crippen LogP contribution in [0.15, 0.2) is 22.7 Å². The van der Waals surface area contributed by atoms with Gasteiger partial charge in [-0.1, -0.05) is 5.16 Å². The number of benzene rings is 1. The van der Waals surface area contributed by atoms with Crippen LogP contribution in [0, 0.1) is 5.92 Å². The zero-order chi connectivity index (χ0) is 21.0. The first-order valence-electron chi connectivity index (χ1n) is 9.09. The fourth-order valence-electron chi connectivity index (χ4n) is 3.18. The number of sulfonamides is 1. The molecule has 1 aliphatic heterocycles. The van der Waals surface area contributed by atoms with Gasteiger partial charge in [0.05, 0.1) is 38.5 Å². The summed E-state index contributed by atoms with van der Waals surface area (Å²) < 4.78 is 40.5. The predicted octanol–water partition coefficient (Wildman–Crippen LogP) is 1.04. The minimum atomic E-state index is -3.31. The van der Waals surface area contributed by atoms with E-state index in [-0.39, 0.29) is 24.9 Å². The van der Waals surface area contributed by atoms with Gasteiger partial charge in [0.1, 0.15) is 11.5 Å². The lowest BCUT2D eigenvalue weighted by Crippen LogP contribution is -2.44. The van der Waals surface area contributed by atoms with Gasteiger partial charge in [-0.25, -0.2) is 12.7 Å². The van der Waals surface area contributed by atoms with Gasteiger partial charge in [0.15, 0.2) is 0 Å². The zero-order valence-electron chi connectivity index (χ0n) is 16.5. The average Bonchev–Trinajstić information content (AvgIpc) is 3.19. The van der Waals surface area contributed by atoms with Crippen molar-refractivity contribution in [1.29, 1.82) is 0 Å². The molecule has 1 saturated heterocycles. The molecule has 1 amide bonds. The third kappa shape index (κ3) is 5.04. The second kappa shape index (κ2) is 8.78. The van der Waals surface area contributed by atoms with E-state index in [0.717, 1.165) is 6.26 Å². The number of carbonyl (C=O) groups excluding carboxylic acids is 1. The number of ether oxygens (including phenoxy) is 2.